The van der Waals surface area contributed by atoms with Crippen LogP contribution >= 0.6 is 0 Å². The predicted molar refractivity (Wildman–Crippen MR) is 111 cm³/mol. The number of amides is 2. The predicted octanol–water partition coefficient (Wildman–Crippen LogP) is 1.45. The maximum atomic E-state index is 12.4. The summed E-state index contributed by atoms with van der Waals surface area (Å²) in [5, 5.41) is 3.66. The van der Waals surface area contributed by atoms with E-state index in [1.807, 2.05) is 12.1 Å². The second-order valence-corrected chi connectivity index (χ2v) is 10.2. The van der Waals surface area contributed by atoms with E-state index in [-0.39, 0.29) is 37.1 Å². The van der Waals surface area contributed by atoms with Gasteiger partial charge in [0.1, 0.15) is 23.1 Å². The zero-order valence-electron chi connectivity index (χ0n) is 17.0. The molecule has 1 atom stereocenters. The number of sulfone groups is 1. The summed E-state index contributed by atoms with van der Waals surface area (Å²) in [5.74, 6) is 0.848. The minimum absolute atomic E-state index is 0.0390. The van der Waals surface area contributed by atoms with E-state index in [0.29, 0.717) is 5.75 Å². The average molecular weight is 435 g/mol. The van der Waals surface area contributed by atoms with Crippen LogP contribution < -0.4 is 10.1 Å². The van der Waals surface area contributed by atoms with Crippen molar-refractivity contribution < 1.29 is 27.2 Å². The van der Waals surface area contributed by atoms with E-state index in [1.165, 1.54) is 10.5 Å². The third-order valence-electron chi connectivity index (χ3n) is 5.70. The maximum absolute atomic E-state index is 12.4. The summed E-state index contributed by atoms with van der Waals surface area (Å²) in [6.45, 7) is 1.70. The van der Waals surface area contributed by atoms with Gasteiger partial charge in [0.2, 0.25) is 5.91 Å². The van der Waals surface area contributed by atoms with Crippen LogP contribution in [0.3, 0.4) is 0 Å². The summed E-state index contributed by atoms with van der Waals surface area (Å²) in [4.78, 5) is 26.2. The smallest absolute Gasteiger partial charge is 0.258 e. The highest BCUT2D eigenvalue weighted by Crippen LogP contribution is 2.33. The minimum atomic E-state index is -3.06. The quantitative estimate of drug-likeness (QED) is 0.764. The van der Waals surface area contributed by atoms with E-state index in [2.05, 4.69) is 5.32 Å². The number of aryl methyl sites for hydroxylation is 2. The molecule has 1 fully saturated rings. The highest BCUT2D eigenvalue weighted by Gasteiger charge is 2.28. The molecule has 0 saturated carbocycles. The molecule has 1 aliphatic carbocycles. The summed E-state index contributed by atoms with van der Waals surface area (Å²) in [6.07, 6.45) is 4.23. The Hall–Kier alpha value is -2.55. The molecule has 2 amide bonds. The Bertz CT molecular complexity index is 1060. The number of nitrogens with one attached hydrogen (secondary N) is 1. The van der Waals surface area contributed by atoms with Gasteiger partial charge in [-0.2, -0.15) is 0 Å². The molecule has 1 N–H and O–H groups in total. The summed E-state index contributed by atoms with van der Waals surface area (Å²) in [7, 11) is -3.06. The number of nitrogens with zero attached hydrogens (tertiary/aromatic N) is 1. The lowest BCUT2D eigenvalue weighted by atomic mass is 9.96. The highest BCUT2D eigenvalue weighted by atomic mass is 32.2. The Morgan fingerprint density at radius 1 is 1.20 bits per heavy atom. The SMILES string of the molecule is CC(NC(=O)COc1ccc2oc3c(c2c1)CCCC3)C(=O)N1CCS(=O)(=O)CC1. The molecule has 1 aliphatic heterocycles. The molecule has 4 rings (SSSR count). The number of carbonyl (C=O) groups excluding carboxylic acids is 2. The van der Waals surface area contributed by atoms with Gasteiger partial charge in [0, 0.05) is 30.5 Å². The first kappa shape index (κ1) is 20.7. The molecule has 0 spiro atoms. The number of carbonyl (C=O) groups is 2. The largest absolute Gasteiger partial charge is 0.484 e. The van der Waals surface area contributed by atoms with Crippen molar-refractivity contribution in [2.45, 2.75) is 38.6 Å². The molecule has 162 valence electrons. The fourth-order valence-corrected chi connectivity index (χ4v) is 5.23. The first-order chi connectivity index (χ1) is 14.3. The molecule has 0 radical (unpaired) electrons. The zero-order chi connectivity index (χ0) is 21.3. The van der Waals surface area contributed by atoms with Crippen molar-refractivity contribution >= 4 is 32.6 Å². The van der Waals surface area contributed by atoms with E-state index in [4.69, 9.17) is 9.15 Å². The number of rotatable bonds is 5. The number of benzene rings is 1. The topological polar surface area (TPSA) is 106 Å². The fourth-order valence-electron chi connectivity index (χ4n) is 4.03. The second kappa shape index (κ2) is 8.29. The highest BCUT2D eigenvalue weighted by molar-refractivity contribution is 7.91. The molecule has 1 aromatic heterocycles. The molecule has 1 unspecified atom stereocenters. The van der Waals surface area contributed by atoms with Gasteiger partial charge in [-0.15, -0.1) is 0 Å². The number of hydrogen-bond donors (Lipinski definition) is 1. The molecule has 2 aromatic rings. The van der Waals surface area contributed by atoms with Crippen molar-refractivity contribution in [3.8, 4) is 5.75 Å². The zero-order valence-corrected chi connectivity index (χ0v) is 17.8. The lowest BCUT2D eigenvalue weighted by Crippen LogP contribution is -2.52. The molecule has 1 saturated heterocycles. The van der Waals surface area contributed by atoms with E-state index in [1.54, 1.807) is 13.0 Å². The monoisotopic (exact) mass is 434 g/mol. The molecule has 2 heterocycles. The summed E-state index contributed by atoms with van der Waals surface area (Å²) < 4.78 is 34.5. The van der Waals surface area contributed by atoms with E-state index < -0.39 is 21.8 Å². The van der Waals surface area contributed by atoms with Crippen LogP contribution in [0.2, 0.25) is 0 Å². The van der Waals surface area contributed by atoms with Crippen LogP contribution in [0.1, 0.15) is 31.1 Å². The summed E-state index contributed by atoms with van der Waals surface area (Å²) in [6, 6.07) is 4.79. The number of fused-ring (bicyclic) bond motifs is 3. The van der Waals surface area contributed by atoms with Crippen molar-refractivity contribution in [3.05, 3.63) is 29.5 Å². The third-order valence-corrected chi connectivity index (χ3v) is 7.31. The van der Waals surface area contributed by atoms with E-state index in [9.17, 15) is 18.0 Å². The van der Waals surface area contributed by atoms with Gasteiger partial charge in [-0.1, -0.05) is 0 Å². The molecule has 2 aliphatic rings. The van der Waals surface area contributed by atoms with Crippen LogP contribution in [0.15, 0.2) is 22.6 Å². The molecule has 1 aromatic carbocycles. The van der Waals surface area contributed by atoms with Gasteiger partial charge in [-0.25, -0.2) is 8.42 Å². The summed E-state index contributed by atoms with van der Waals surface area (Å²) in [5.41, 5.74) is 2.07. The molecule has 8 nitrogen and oxygen atoms in total. The Morgan fingerprint density at radius 3 is 2.70 bits per heavy atom. The van der Waals surface area contributed by atoms with Gasteiger partial charge in [0.25, 0.3) is 5.91 Å². The van der Waals surface area contributed by atoms with E-state index >= 15 is 0 Å². The minimum Gasteiger partial charge on any atom is -0.484 e. The first-order valence-electron chi connectivity index (χ1n) is 10.3. The summed E-state index contributed by atoms with van der Waals surface area (Å²) >= 11 is 0. The Morgan fingerprint density at radius 2 is 1.93 bits per heavy atom. The van der Waals surface area contributed by atoms with Crippen molar-refractivity contribution in [3.63, 3.8) is 0 Å². The first-order valence-corrected chi connectivity index (χ1v) is 12.1. The van der Waals surface area contributed by atoms with Crippen molar-refractivity contribution in [2.75, 3.05) is 31.2 Å². The number of hydrogen-bond acceptors (Lipinski definition) is 6. The number of furan rings is 1. The van der Waals surface area contributed by atoms with Crippen LogP contribution in [0.4, 0.5) is 0 Å². The van der Waals surface area contributed by atoms with Crippen LogP contribution in [0, 0.1) is 0 Å². The molecule has 9 heteroatoms. The van der Waals surface area contributed by atoms with Gasteiger partial charge < -0.3 is 19.4 Å². The Balaban J connectivity index is 1.31. The second-order valence-electron chi connectivity index (χ2n) is 7.92. The van der Waals surface area contributed by atoms with Crippen LogP contribution in [-0.2, 0) is 32.3 Å². The van der Waals surface area contributed by atoms with Crippen molar-refractivity contribution in [1.29, 1.82) is 0 Å². The third kappa shape index (κ3) is 4.45. The van der Waals surface area contributed by atoms with Gasteiger partial charge in [-0.3, -0.25) is 9.59 Å². The fraction of sp³-hybridized carbons (Fsp3) is 0.524. The Labute approximate surface area is 175 Å². The lowest BCUT2D eigenvalue weighted by Gasteiger charge is -2.29. The van der Waals surface area contributed by atoms with Gasteiger partial charge in [0.15, 0.2) is 16.4 Å². The van der Waals surface area contributed by atoms with Gasteiger partial charge >= 0.3 is 0 Å². The van der Waals surface area contributed by atoms with Crippen LogP contribution in [0.25, 0.3) is 11.0 Å². The maximum Gasteiger partial charge on any atom is 0.258 e. The van der Waals surface area contributed by atoms with Gasteiger partial charge in [0.05, 0.1) is 11.5 Å². The molecular formula is C21H26N2O6S. The number of ether oxygens (including phenoxy) is 1. The normalized spacial score (nSPS) is 19.2. The lowest BCUT2D eigenvalue weighted by molar-refractivity contribution is -0.136. The molecule has 30 heavy (non-hydrogen) atoms. The van der Waals surface area contributed by atoms with Crippen LogP contribution in [-0.4, -0.2) is 62.4 Å². The average Bonchev–Trinajstić information content (AvgIpc) is 3.09. The van der Waals surface area contributed by atoms with E-state index in [0.717, 1.165) is 42.4 Å². The van der Waals surface area contributed by atoms with Gasteiger partial charge in [-0.05, 0) is 44.4 Å². The molecular weight excluding hydrogens is 408 g/mol. The van der Waals surface area contributed by atoms with Crippen molar-refractivity contribution in [1.82, 2.24) is 10.2 Å². The van der Waals surface area contributed by atoms with Crippen LogP contribution in [0.5, 0.6) is 5.75 Å². The standard InChI is InChI=1S/C21H26N2O6S/c1-14(21(25)23-8-10-30(26,27)11-9-23)22-20(24)13-28-15-6-7-19-17(12-15)16-4-2-3-5-18(16)29-19/h6-7,12,14H,2-5,8-11,13H2,1H3,(H,22,24). The van der Waals surface area contributed by atoms with Crippen molar-refractivity contribution in [2.24, 2.45) is 0 Å². The molecule has 0 bridgehead atoms. The Kier molecular flexibility index (Phi) is 5.73.